The van der Waals surface area contributed by atoms with Gasteiger partial charge in [-0.3, -0.25) is 8.98 Å². The fraction of sp³-hybridized carbons (Fsp3) is 0.731. The summed E-state index contributed by atoms with van der Waals surface area (Å²) in [6, 6.07) is 6.99. The average Bonchev–Trinajstić information content (AvgIpc) is 3.09. The monoisotopic (exact) mass is 444 g/mol. The van der Waals surface area contributed by atoms with Crippen LogP contribution in [0.25, 0.3) is 0 Å². The fourth-order valence-corrected chi connectivity index (χ4v) is 9.25. The zero-order chi connectivity index (χ0) is 22.0. The molecule has 4 aliphatic carbocycles. The molecular formula is C26H36O4S. The molecule has 0 amide bonds. The molecule has 0 bridgehead atoms. The van der Waals surface area contributed by atoms with Gasteiger partial charge >= 0.3 is 0 Å². The lowest BCUT2D eigenvalue weighted by atomic mass is 9.44. The maximum atomic E-state index is 13.3. The van der Waals surface area contributed by atoms with E-state index in [9.17, 15) is 13.2 Å². The predicted molar refractivity (Wildman–Crippen MR) is 120 cm³/mol. The van der Waals surface area contributed by atoms with E-state index >= 15 is 0 Å². The van der Waals surface area contributed by atoms with Gasteiger partial charge < -0.3 is 0 Å². The SMILES string of the molecule is Cc1ccc(S(=O)(=O)O[C@@H]2C[C@]3(C)CCC[C@H]3[C@@H]3CC[C@H]4CC(=O)CC[C@]4(C)[C@H]32)cc1. The summed E-state index contributed by atoms with van der Waals surface area (Å²) in [7, 11) is -3.83. The Morgan fingerprint density at radius 3 is 2.52 bits per heavy atom. The van der Waals surface area contributed by atoms with E-state index in [0.717, 1.165) is 31.2 Å². The van der Waals surface area contributed by atoms with E-state index < -0.39 is 10.1 Å². The number of ketones is 1. The van der Waals surface area contributed by atoms with Gasteiger partial charge in [0.15, 0.2) is 0 Å². The highest BCUT2D eigenvalue weighted by molar-refractivity contribution is 7.86. The second-order valence-electron chi connectivity index (χ2n) is 11.5. The van der Waals surface area contributed by atoms with Gasteiger partial charge in [-0.25, -0.2) is 0 Å². The van der Waals surface area contributed by atoms with E-state index in [1.54, 1.807) is 12.1 Å². The van der Waals surface area contributed by atoms with Gasteiger partial charge in [0, 0.05) is 12.8 Å². The maximum absolute atomic E-state index is 13.3. The minimum Gasteiger partial charge on any atom is -0.300 e. The minimum atomic E-state index is -3.83. The molecule has 4 nitrogen and oxygen atoms in total. The Balaban J connectivity index is 1.52. The number of hydrogen-bond donors (Lipinski definition) is 0. The number of aryl methyl sites for hydroxylation is 1. The Hall–Kier alpha value is -1.20. The average molecular weight is 445 g/mol. The van der Waals surface area contributed by atoms with E-state index in [4.69, 9.17) is 4.18 Å². The summed E-state index contributed by atoms with van der Waals surface area (Å²) < 4.78 is 32.8. The summed E-state index contributed by atoms with van der Waals surface area (Å²) in [4.78, 5) is 12.5. The van der Waals surface area contributed by atoms with Crippen molar-refractivity contribution >= 4 is 15.9 Å². The fourth-order valence-electron chi connectivity index (χ4n) is 8.16. The molecule has 1 aromatic rings. The maximum Gasteiger partial charge on any atom is 0.297 e. The summed E-state index contributed by atoms with van der Waals surface area (Å²) in [6.07, 6.45) is 8.59. The van der Waals surface area contributed by atoms with Crippen LogP contribution in [0.2, 0.25) is 0 Å². The number of carbonyl (C=O) groups excluding carboxylic acids is 1. The Morgan fingerprint density at radius 1 is 1.03 bits per heavy atom. The molecule has 31 heavy (non-hydrogen) atoms. The summed E-state index contributed by atoms with van der Waals surface area (Å²) in [5, 5.41) is 0. The van der Waals surface area contributed by atoms with Crippen molar-refractivity contribution in [2.45, 2.75) is 89.6 Å². The summed E-state index contributed by atoms with van der Waals surface area (Å²) in [5.74, 6) is 2.14. The number of benzene rings is 1. The molecule has 0 radical (unpaired) electrons. The highest BCUT2D eigenvalue weighted by atomic mass is 32.2. The Bertz CT molecular complexity index is 968. The first kappa shape index (κ1) is 21.6. The summed E-state index contributed by atoms with van der Waals surface area (Å²) >= 11 is 0. The first-order valence-corrected chi connectivity index (χ1v) is 13.5. The largest absolute Gasteiger partial charge is 0.300 e. The summed E-state index contributed by atoms with van der Waals surface area (Å²) in [5.41, 5.74) is 1.20. The third kappa shape index (κ3) is 3.51. The zero-order valence-corrected chi connectivity index (χ0v) is 19.9. The second-order valence-corrected chi connectivity index (χ2v) is 13.0. The molecular weight excluding hydrogens is 408 g/mol. The first-order chi connectivity index (χ1) is 14.6. The van der Waals surface area contributed by atoms with Crippen molar-refractivity contribution in [3.8, 4) is 0 Å². The smallest absolute Gasteiger partial charge is 0.297 e. The van der Waals surface area contributed by atoms with Crippen LogP contribution in [0.3, 0.4) is 0 Å². The number of Topliss-reactive ketones (excluding diaryl/α,β-unsaturated/α-hetero) is 1. The first-order valence-electron chi connectivity index (χ1n) is 12.1. The Labute approximate surface area is 187 Å². The summed E-state index contributed by atoms with van der Waals surface area (Å²) in [6.45, 7) is 6.67. The lowest BCUT2D eigenvalue weighted by Gasteiger charge is -2.61. The molecule has 0 spiro atoms. The van der Waals surface area contributed by atoms with Gasteiger partial charge in [0.25, 0.3) is 10.1 Å². The van der Waals surface area contributed by atoms with Crippen LogP contribution in [0.1, 0.15) is 77.2 Å². The molecule has 170 valence electrons. The lowest BCUT2D eigenvalue weighted by molar-refractivity contribution is -0.160. The second kappa shape index (κ2) is 7.41. The van der Waals surface area contributed by atoms with Gasteiger partial charge in [0.1, 0.15) is 5.78 Å². The van der Waals surface area contributed by atoms with Crippen LogP contribution in [0.4, 0.5) is 0 Å². The van der Waals surface area contributed by atoms with Gasteiger partial charge in [-0.2, -0.15) is 8.42 Å². The quantitative estimate of drug-likeness (QED) is 0.563. The molecule has 4 aliphatic rings. The number of rotatable bonds is 3. The van der Waals surface area contributed by atoms with Gasteiger partial charge in [0.05, 0.1) is 11.0 Å². The topological polar surface area (TPSA) is 60.4 Å². The van der Waals surface area contributed by atoms with Crippen LogP contribution in [0.5, 0.6) is 0 Å². The van der Waals surface area contributed by atoms with Gasteiger partial charge in [-0.1, -0.05) is 38.0 Å². The standard InChI is InChI=1S/C26H36O4S/c1-17-6-9-20(10-7-17)31(28,29)30-23-16-25(2)13-4-5-22(25)21-11-8-18-15-19(27)12-14-26(18,3)24(21)23/h6-7,9-10,18,21-24H,4-5,8,11-16H2,1-3H3/t18-,21-,22-,23+,24+,25-,26-/m0/s1. The van der Waals surface area contributed by atoms with E-state index in [-0.39, 0.29) is 27.7 Å². The molecule has 4 fully saturated rings. The van der Waals surface area contributed by atoms with Crippen LogP contribution in [0.15, 0.2) is 29.2 Å². The Morgan fingerprint density at radius 2 is 1.77 bits per heavy atom. The van der Waals surface area contributed by atoms with Crippen LogP contribution in [-0.4, -0.2) is 20.3 Å². The third-order valence-electron chi connectivity index (χ3n) is 9.72. The van der Waals surface area contributed by atoms with Crippen molar-refractivity contribution < 1.29 is 17.4 Å². The Kier molecular flexibility index (Phi) is 5.17. The minimum absolute atomic E-state index is 0.00574. The van der Waals surface area contributed by atoms with Crippen LogP contribution >= 0.6 is 0 Å². The van der Waals surface area contributed by atoms with E-state index in [0.29, 0.717) is 36.4 Å². The molecule has 0 heterocycles. The van der Waals surface area contributed by atoms with Crippen molar-refractivity contribution in [3.05, 3.63) is 29.8 Å². The zero-order valence-electron chi connectivity index (χ0n) is 19.1. The highest BCUT2D eigenvalue weighted by Crippen LogP contribution is 2.66. The van der Waals surface area contributed by atoms with Gasteiger partial charge in [-0.15, -0.1) is 0 Å². The molecule has 0 unspecified atom stereocenters. The molecule has 5 heteroatoms. The van der Waals surface area contributed by atoms with E-state index in [2.05, 4.69) is 13.8 Å². The predicted octanol–water partition coefficient (Wildman–Crippen LogP) is 5.68. The molecule has 4 saturated carbocycles. The van der Waals surface area contributed by atoms with Crippen LogP contribution in [-0.2, 0) is 19.1 Å². The third-order valence-corrected chi connectivity index (χ3v) is 11.1. The number of fused-ring (bicyclic) bond motifs is 5. The molecule has 1 aromatic carbocycles. The lowest BCUT2D eigenvalue weighted by Crippen LogP contribution is -2.58. The molecule has 7 atom stereocenters. The molecule has 0 aromatic heterocycles. The molecule has 5 rings (SSSR count). The van der Waals surface area contributed by atoms with E-state index in [1.807, 2.05) is 19.1 Å². The van der Waals surface area contributed by atoms with Crippen molar-refractivity contribution in [2.24, 2.45) is 34.5 Å². The van der Waals surface area contributed by atoms with Crippen molar-refractivity contribution in [3.63, 3.8) is 0 Å². The molecule has 0 saturated heterocycles. The number of carbonyl (C=O) groups is 1. The van der Waals surface area contributed by atoms with Gasteiger partial charge in [0.2, 0.25) is 0 Å². The van der Waals surface area contributed by atoms with Crippen molar-refractivity contribution in [2.75, 3.05) is 0 Å². The van der Waals surface area contributed by atoms with Crippen molar-refractivity contribution in [1.29, 1.82) is 0 Å². The highest BCUT2D eigenvalue weighted by Gasteiger charge is 2.62. The van der Waals surface area contributed by atoms with E-state index in [1.165, 1.54) is 19.3 Å². The van der Waals surface area contributed by atoms with Crippen LogP contribution < -0.4 is 0 Å². The van der Waals surface area contributed by atoms with Crippen molar-refractivity contribution in [1.82, 2.24) is 0 Å². The van der Waals surface area contributed by atoms with Crippen LogP contribution in [0, 0.1) is 41.4 Å². The molecule has 0 N–H and O–H groups in total. The number of hydrogen-bond acceptors (Lipinski definition) is 4. The van der Waals surface area contributed by atoms with Gasteiger partial charge in [-0.05, 0) is 92.1 Å². The normalized spacial score (nSPS) is 42.5. The molecule has 0 aliphatic heterocycles.